The topological polar surface area (TPSA) is 21.7 Å². The van der Waals surface area contributed by atoms with Gasteiger partial charge >= 0.3 is 0 Å². The first-order chi connectivity index (χ1) is 10.1. The molecule has 0 aliphatic carbocycles. The molecule has 1 unspecified atom stereocenters. The van der Waals surface area contributed by atoms with Gasteiger partial charge < -0.3 is 14.4 Å². The average molecular weight is 304 g/mol. The summed E-state index contributed by atoms with van der Waals surface area (Å²) in [6.45, 7) is 1.38. The minimum absolute atomic E-state index is 0.0242. The molecule has 0 N–H and O–H groups in total. The zero-order valence-corrected chi connectivity index (χ0v) is 12.9. The van der Waals surface area contributed by atoms with Crippen molar-refractivity contribution in [3.8, 4) is 22.6 Å². The maximum Gasteiger partial charge on any atom is 0.169 e. The van der Waals surface area contributed by atoms with Gasteiger partial charge in [-0.3, -0.25) is 0 Å². The Hall–Kier alpha value is -1.71. The van der Waals surface area contributed by atoms with E-state index < -0.39 is 0 Å². The Balaban J connectivity index is 2.00. The van der Waals surface area contributed by atoms with Crippen LogP contribution in [0, 0.1) is 0 Å². The summed E-state index contributed by atoms with van der Waals surface area (Å²) in [6.07, 6.45) is 0.0242. The van der Waals surface area contributed by atoms with Crippen LogP contribution in [0.3, 0.4) is 0 Å². The number of benzene rings is 2. The number of para-hydroxylation sites is 1. The normalized spacial score (nSPS) is 17.0. The van der Waals surface area contributed by atoms with Gasteiger partial charge in [-0.05, 0) is 26.2 Å². The molecule has 0 bridgehead atoms. The predicted octanol–water partition coefficient (Wildman–Crippen LogP) is 3.71. The summed E-state index contributed by atoms with van der Waals surface area (Å²) < 4.78 is 12.0. The van der Waals surface area contributed by atoms with Crippen LogP contribution >= 0.6 is 11.6 Å². The van der Waals surface area contributed by atoms with Crippen molar-refractivity contribution in [2.75, 3.05) is 27.2 Å². The smallest absolute Gasteiger partial charge is 0.169 e. The summed E-state index contributed by atoms with van der Waals surface area (Å²) in [4.78, 5) is 2.09. The zero-order valence-electron chi connectivity index (χ0n) is 12.2. The van der Waals surface area contributed by atoms with Crippen molar-refractivity contribution in [2.24, 2.45) is 0 Å². The van der Waals surface area contributed by atoms with Crippen LogP contribution in [0.25, 0.3) is 11.1 Å². The lowest BCUT2D eigenvalue weighted by Gasteiger charge is -2.30. The van der Waals surface area contributed by atoms with Crippen LogP contribution in [0.2, 0.25) is 5.02 Å². The summed E-state index contributed by atoms with van der Waals surface area (Å²) in [7, 11) is 4.05. The van der Waals surface area contributed by atoms with Crippen molar-refractivity contribution in [3.05, 3.63) is 47.5 Å². The monoisotopic (exact) mass is 303 g/mol. The van der Waals surface area contributed by atoms with Crippen molar-refractivity contribution in [1.82, 2.24) is 4.90 Å². The van der Waals surface area contributed by atoms with Gasteiger partial charge in [0.05, 0.1) is 0 Å². The number of ether oxygens (including phenoxy) is 2. The van der Waals surface area contributed by atoms with Gasteiger partial charge in [-0.15, -0.1) is 0 Å². The standard InChI is InChI=1S/C17H18ClNO2/c1-19(2)10-12-11-20-16-9-5-7-14(17(16)21-12)13-6-3-4-8-15(13)18/h3-9,12H,10-11H2,1-2H3. The van der Waals surface area contributed by atoms with E-state index in [9.17, 15) is 0 Å². The highest BCUT2D eigenvalue weighted by atomic mass is 35.5. The second kappa shape index (κ2) is 5.96. The van der Waals surface area contributed by atoms with Gasteiger partial charge in [0.25, 0.3) is 0 Å². The second-order valence-corrected chi connectivity index (χ2v) is 5.83. The van der Waals surface area contributed by atoms with E-state index in [0.717, 1.165) is 29.2 Å². The van der Waals surface area contributed by atoms with E-state index in [0.29, 0.717) is 11.6 Å². The molecule has 2 aromatic carbocycles. The Morgan fingerprint density at radius 3 is 2.62 bits per heavy atom. The molecule has 110 valence electrons. The lowest BCUT2D eigenvalue weighted by Crippen LogP contribution is -2.38. The number of rotatable bonds is 3. The quantitative estimate of drug-likeness (QED) is 0.863. The summed E-state index contributed by atoms with van der Waals surface area (Å²) in [5.41, 5.74) is 1.94. The molecule has 0 amide bonds. The number of likely N-dealkylation sites (N-methyl/N-ethyl adjacent to an activating group) is 1. The first-order valence-electron chi connectivity index (χ1n) is 6.97. The molecule has 0 saturated heterocycles. The molecule has 3 nitrogen and oxygen atoms in total. The molecular formula is C17H18ClNO2. The third-order valence-corrected chi connectivity index (χ3v) is 3.75. The third-order valence-electron chi connectivity index (χ3n) is 3.42. The Kier molecular flexibility index (Phi) is 4.04. The van der Waals surface area contributed by atoms with Crippen molar-refractivity contribution >= 4 is 11.6 Å². The minimum atomic E-state index is 0.0242. The van der Waals surface area contributed by atoms with Crippen LogP contribution in [0.4, 0.5) is 0 Å². The highest BCUT2D eigenvalue weighted by Gasteiger charge is 2.24. The molecule has 1 aliphatic heterocycles. The molecule has 0 saturated carbocycles. The highest BCUT2D eigenvalue weighted by Crippen LogP contribution is 2.42. The fourth-order valence-corrected chi connectivity index (χ4v) is 2.76. The number of nitrogens with zero attached hydrogens (tertiary/aromatic N) is 1. The van der Waals surface area contributed by atoms with Gasteiger partial charge in [-0.1, -0.05) is 41.9 Å². The van der Waals surface area contributed by atoms with Crippen LogP contribution in [-0.4, -0.2) is 38.3 Å². The summed E-state index contributed by atoms with van der Waals surface area (Å²) >= 11 is 6.32. The SMILES string of the molecule is CN(C)CC1COc2cccc(-c3ccccc3Cl)c2O1. The average Bonchev–Trinajstić information content (AvgIpc) is 2.47. The first-order valence-corrected chi connectivity index (χ1v) is 7.35. The number of hydrogen-bond acceptors (Lipinski definition) is 3. The summed E-state index contributed by atoms with van der Waals surface area (Å²) in [5.74, 6) is 1.56. The Morgan fingerprint density at radius 2 is 1.86 bits per heavy atom. The van der Waals surface area contributed by atoms with Crippen molar-refractivity contribution in [2.45, 2.75) is 6.10 Å². The third kappa shape index (κ3) is 2.99. The number of fused-ring (bicyclic) bond motifs is 1. The largest absolute Gasteiger partial charge is 0.486 e. The molecule has 1 aliphatic rings. The van der Waals surface area contributed by atoms with Gasteiger partial charge in [0.2, 0.25) is 0 Å². The van der Waals surface area contributed by atoms with Crippen LogP contribution < -0.4 is 9.47 Å². The summed E-state index contributed by atoms with van der Waals surface area (Å²) in [6, 6.07) is 13.7. The lowest BCUT2D eigenvalue weighted by molar-refractivity contribution is 0.0717. The zero-order chi connectivity index (χ0) is 14.8. The maximum atomic E-state index is 6.32. The number of hydrogen-bond donors (Lipinski definition) is 0. The van der Waals surface area contributed by atoms with Crippen molar-refractivity contribution < 1.29 is 9.47 Å². The maximum absolute atomic E-state index is 6.32. The van der Waals surface area contributed by atoms with E-state index in [1.165, 1.54) is 0 Å². The van der Waals surface area contributed by atoms with Gasteiger partial charge in [0.1, 0.15) is 12.7 Å². The van der Waals surface area contributed by atoms with Gasteiger partial charge in [-0.2, -0.15) is 0 Å². The predicted molar refractivity (Wildman–Crippen MR) is 85.4 cm³/mol. The van der Waals surface area contributed by atoms with Crippen molar-refractivity contribution in [1.29, 1.82) is 0 Å². The summed E-state index contributed by atoms with van der Waals surface area (Å²) in [5, 5.41) is 0.712. The molecule has 0 radical (unpaired) electrons. The Bertz CT molecular complexity index is 642. The molecular weight excluding hydrogens is 286 g/mol. The Morgan fingerprint density at radius 1 is 1.10 bits per heavy atom. The van der Waals surface area contributed by atoms with Crippen molar-refractivity contribution in [3.63, 3.8) is 0 Å². The van der Waals surface area contributed by atoms with Crippen LogP contribution in [-0.2, 0) is 0 Å². The Labute approximate surface area is 130 Å². The van der Waals surface area contributed by atoms with Gasteiger partial charge in [0.15, 0.2) is 11.5 Å². The van der Waals surface area contributed by atoms with E-state index in [1.807, 2.05) is 56.6 Å². The fourth-order valence-electron chi connectivity index (χ4n) is 2.52. The van der Waals surface area contributed by atoms with Gasteiger partial charge in [0, 0.05) is 22.7 Å². The molecule has 1 atom stereocenters. The molecule has 4 heteroatoms. The molecule has 1 heterocycles. The molecule has 0 fully saturated rings. The van der Waals surface area contributed by atoms with Crippen LogP contribution in [0.1, 0.15) is 0 Å². The van der Waals surface area contributed by atoms with Gasteiger partial charge in [-0.25, -0.2) is 0 Å². The molecule has 21 heavy (non-hydrogen) atoms. The molecule has 0 aromatic heterocycles. The number of halogens is 1. The van der Waals surface area contributed by atoms with E-state index in [2.05, 4.69) is 4.90 Å². The minimum Gasteiger partial charge on any atom is -0.486 e. The van der Waals surface area contributed by atoms with E-state index >= 15 is 0 Å². The van der Waals surface area contributed by atoms with E-state index in [-0.39, 0.29) is 6.10 Å². The molecule has 3 rings (SSSR count). The fraction of sp³-hybridized carbons (Fsp3) is 0.294. The van der Waals surface area contributed by atoms with E-state index in [4.69, 9.17) is 21.1 Å². The van der Waals surface area contributed by atoms with Crippen LogP contribution in [0.15, 0.2) is 42.5 Å². The first kappa shape index (κ1) is 14.2. The highest BCUT2D eigenvalue weighted by molar-refractivity contribution is 6.33. The lowest BCUT2D eigenvalue weighted by atomic mass is 10.0. The van der Waals surface area contributed by atoms with Crippen LogP contribution in [0.5, 0.6) is 11.5 Å². The van der Waals surface area contributed by atoms with E-state index in [1.54, 1.807) is 0 Å². The molecule has 2 aromatic rings. The molecule has 0 spiro atoms. The second-order valence-electron chi connectivity index (χ2n) is 5.43.